The average molecular weight is 427 g/mol. The number of fused-ring (bicyclic) bond motifs is 3. The van der Waals surface area contributed by atoms with E-state index in [-0.39, 0.29) is 18.2 Å². The number of aromatic nitrogens is 4. The Morgan fingerprint density at radius 3 is 2.59 bits per heavy atom. The third-order valence-corrected chi connectivity index (χ3v) is 6.71. The van der Waals surface area contributed by atoms with E-state index in [1.54, 1.807) is 6.20 Å². The number of aliphatic hydroxyl groups is 1. The highest BCUT2D eigenvalue weighted by atomic mass is 16.5. The molecular weight excluding hydrogens is 400 g/mol. The van der Waals surface area contributed by atoms with Crippen LogP contribution in [0.5, 0.6) is 5.88 Å². The molecule has 0 saturated heterocycles. The molecule has 3 aromatic heterocycles. The number of hydrogen-bond acceptors (Lipinski definition) is 5. The molecule has 1 saturated carbocycles. The Kier molecular flexibility index (Phi) is 4.87. The Labute approximate surface area is 186 Å². The summed E-state index contributed by atoms with van der Waals surface area (Å²) in [7, 11) is 0. The van der Waals surface area contributed by atoms with Crippen molar-refractivity contribution in [2.75, 3.05) is 0 Å². The Morgan fingerprint density at radius 1 is 0.906 bits per heavy atom. The highest BCUT2D eigenvalue weighted by Gasteiger charge is 2.28. The number of aryl methyl sites for hydroxylation is 1. The van der Waals surface area contributed by atoms with Gasteiger partial charge in [0.25, 0.3) is 0 Å². The highest BCUT2D eigenvalue weighted by molar-refractivity contribution is 5.77. The van der Waals surface area contributed by atoms with Gasteiger partial charge in [-0.15, -0.1) is 0 Å². The van der Waals surface area contributed by atoms with E-state index in [0.717, 1.165) is 66.8 Å². The Hall–Kier alpha value is -3.25. The van der Waals surface area contributed by atoms with Crippen LogP contribution in [0.3, 0.4) is 0 Å². The molecule has 0 amide bonds. The number of aliphatic hydroxyl groups excluding tert-OH is 1. The summed E-state index contributed by atoms with van der Waals surface area (Å²) >= 11 is 0. The van der Waals surface area contributed by atoms with Gasteiger partial charge in [-0.3, -0.25) is 0 Å². The monoisotopic (exact) mass is 426 g/mol. The van der Waals surface area contributed by atoms with Crippen LogP contribution >= 0.6 is 0 Å². The van der Waals surface area contributed by atoms with Gasteiger partial charge in [-0.25, -0.2) is 15.0 Å². The first kappa shape index (κ1) is 19.4. The minimum absolute atomic E-state index is 0.112. The molecule has 1 aliphatic carbocycles. The number of nitrogens with zero attached hydrogens (tertiary/aromatic N) is 4. The van der Waals surface area contributed by atoms with Gasteiger partial charge in [0.15, 0.2) is 5.65 Å². The van der Waals surface area contributed by atoms with Gasteiger partial charge in [0, 0.05) is 24.2 Å². The molecule has 4 heterocycles. The molecule has 4 aromatic rings. The molecule has 1 atom stereocenters. The SMILES string of the molecule is OC1CCC(Oc2cc(-c3ccc4nc5n(c4n3)[C@@H](c3ccccc3)CC5)ccn2)CC1. The summed E-state index contributed by atoms with van der Waals surface area (Å²) in [5.74, 6) is 1.73. The lowest BCUT2D eigenvalue weighted by molar-refractivity contribution is 0.0644. The van der Waals surface area contributed by atoms with E-state index >= 15 is 0 Å². The van der Waals surface area contributed by atoms with Crippen molar-refractivity contribution in [2.45, 2.75) is 56.8 Å². The fourth-order valence-corrected chi connectivity index (χ4v) is 5.04. The van der Waals surface area contributed by atoms with Gasteiger partial charge in [-0.05, 0) is 55.9 Å². The average Bonchev–Trinajstić information content (AvgIpc) is 3.40. The van der Waals surface area contributed by atoms with Crippen molar-refractivity contribution < 1.29 is 9.84 Å². The van der Waals surface area contributed by atoms with Crippen LogP contribution in [-0.4, -0.2) is 36.8 Å². The van der Waals surface area contributed by atoms with Gasteiger partial charge in [0.1, 0.15) is 17.4 Å². The van der Waals surface area contributed by atoms with Crippen molar-refractivity contribution in [3.8, 4) is 17.1 Å². The van der Waals surface area contributed by atoms with E-state index in [2.05, 4.69) is 45.9 Å². The van der Waals surface area contributed by atoms with Crippen molar-refractivity contribution in [1.29, 1.82) is 0 Å². The van der Waals surface area contributed by atoms with Gasteiger partial charge in [0.05, 0.1) is 17.8 Å². The molecule has 0 radical (unpaired) electrons. The summed E-state index contributed by atoms with van der Waals surface area (Å²) in [6.45, 7) is 0. The molecule has 32 heavy (non-hydrogen) atoms. The standard InChI is InChI=1S/C26H26N4O2/c31-19-6-8-20(9-7-19)32-25-16-18(14-15-27-25)21-10-11-22-26(29-21)30-23(12-13-24(30)28-22)17-4-2-1-3-5-17/h1-5,10-11,14-16,19-20,23,31H,6-9,12-13H2/t19?,20?,23-/m1/s1. The fraction of sp³-hybridized carbons (Fsp3) is 0.346. The Bertz CT molecular complexity index is 1250. The molecule has 1 aromatic carbocycles. The number of hydrogen-bond donors (Lipinski definition) is 1. The Morgan fingerprint density at radius 2 is 1.75 bits per heavy atom. The molecule has 0 bridgehead atoms. The number of benzene rings is 1. The minimum Gasteiger partial charge on any atom is -0.474 e. The van der Waals surface area contributed by atoms with Crippen LogP contribution < -0.4 is 4.74 Å². The maximum atomic E-state index is 9.73. The Balaban J connectivity index is 1.32. The van der Waals surface area contributed by atoms with Gasteiger partial charge < -0.3 is 14.4 Å². The molecule has 0 spiro atoms. The molecule has 0 unspecified atom stereocenters. The molecule has 1 aliphatic heterocycles. The maximum Gasteiger partial charge on any atom is 0.214 e. The predicted molar refractivity (Wildman–Crippen MR) is 123 cm³/mol. The van der Waals surface area contributed by atoms with Crippen LogP contribution in [0.1, 0.15) is 49.5 Å². The lowest BCUT2D eigenvalue weighted by Crippen LogP contribution is -2.26. The van der Waals surface area contributed by atoms with Crippen LogP contribution in [0.15, 0.2) is 60.8 Å². The zero-order valence-electron chi connectivity index (χ0n) is 17.9. The van der Waals surface area contributed by atoms with E-state index in [9.17, 15) is 5.11 Å². The van der Waals surface area contributed by atoms with E-state index in [4.69, 9.17) is 14.7 Å². The summed E-state index contributed by atoms with van der Waals surface area (Å²) < 4.78 is 8.43. The predicted octanol–water partition coefficient (Wildman–Crippen LogP) is 4.71. The summed E-state index contributed by atoms with van der Waals surface area (Å²) in [6.07, 6.45) is 7.02. The largest absolute Gasteiger partial charge is 0.474 e. The second-order valence-electron chi connectivity index (χ2n) is 8.83. The van der Waals surface area contributed by atoms with Crippen molar-refractivity contribution in [2.24, 2.45) is 0 Å². The number of imidazole rings is 1. The third-order valence-electron chi connectivity index (χ3n) is 6.71. The van der Waals surface area contributed by atoms with E-state index < -0.39 is 0 Å². The lowest BCUT2D eigenvalue weighted by Gasteiger charge is -2.25. The van der Waals surface area contributed by atoms with Crippen molar-refractivity contribution in [3.63, 3.8) is 0 Å². The van der Waals surface area contributed by atoms with Crippen molar-refractivity contribution in [1.82, 2.24) is 19.5 Å². The lowest BCUT2D eigenvalue weighted by atomic mass is 9.95. The molecule has 2 aliphatic rings. The topological polar surface area (TPSA) is 73.1 Å². The highest BCUT2D eigenvalue weighted by Crippen LogP contribution is 2.35. The number of ether oxygens (including phenoxy) is 1. The van der Waals surface area contributed by atoms with Crippen LogP contribution in [0.2, 0.25) is 0 Å². The van der Waals surface area contributed by atoms with Gasteiger partial charge in [-0.2, -0.15) is 0 Å². The van der Waals surface area contributed by atoms with Crippen molar-refractivity contribution in [3.05, 3.63) is 72.2 Å². The summed E-state index contributed by atoms with van der Waals surface area (Å²) in [6, 6.07) is 18.9. The number of rotatable bonds is 4. The van der Waals surface area contributed by atoms with Crippen LogP contribution in [0, 0.1) is 0 Å². The summed E-state index contributed by atoms with van der Waals surface area (Å²) in [5.41, 5.74) is 5.05. The van der Waals surface area contributed by atoms with Crippen LogP contribution in [0.4, 0.5) is 0 Å². The first-order valence-electron chi connectivity index (χ1n) is 11.5. The van der Waals surface area contributed by atoms with Crippen LogP contribution in [-0.2, 0) is 6.42 Å². The van der Waals surface area contributed by atoms with Gasteiger partial charge >= 0.3 is 0 Å². The van der Waals surface area contributed by atoms with Gasteiger partial charge in [0.2, 0.25) is 5.88 Å². The molecule has 162 valence electrons. The molecule has 6 nitrogen and oxygen atoms in total. The third kappa shape index (κ3) is 3.54. The van der Waals surface area contributed by atoms with Crippen LogP contribution in [0.25, 0.3) is 22.4 Å². The normalized spacial score (nSPS) is 22.7. The van der Waals surface area contributed by atoms with Crippen molar-refractivity contribution >= 4 is 11.2 Å². The zero-order valence-corrected chi connectivity index (χ0v) is 17.9. The fourth-order valence-electron chi connectivity index (χ4n) is 5.04. The molecule has 1 fully saturated rings. The molecule has 6 rings (SSSR count). The van der Waals surface area contributed by atoms with E-state index in [1.165, 1.54) is 5.56 Å². The minimum atomic E-state index is -0.192. The first-order chi connectivity index (χ1) is 15.7. The molecule has 6 heteroatoms. The smallest absolute Gasteiger partial charge is 0.214 e. The zero-order chi connectivity index (χ0) is 21.5. The molecule has 1 N–H and O–H groups in total. The van der Waals surface area contributed by atoms with Gasteiger partial charge in [-0.1, -0.05) is 30.3 Å². The second-order valence-corrected chi connectivity index (χ2v) is 8.83. The second kappa shape index (κ2) is 8.02. The van der Waals surface area contributed by atoms with E-state index in [0.29, 0.717) is 5.88 Å². The van der Waals surface area contributed by atoms with E-state index in [1.807, 2.05) is 18.2 Å². The molecular formula is C26H26N4O2. The number of pyridine rings is 2. The first-order valence-corrected chi connectivity index (χ1v) is 11.5. The summed E-state index contributed by atoms with van der Waals surface area (Å²) in [4.78, 5) is 14.3. The maximum absolute atomic E-state index is 9.73. The summed E-state index contributed by atoms with van der Waals surface area (Å²) in [5, 5.41) is 9.73. The quantitative estimate of drug-likeness (QED) is 0.512.